The lowest BCUT2D eigenvalue weighted by Gasteiger charge is -2.02. The molecule has 0 saturated carbocycles. The monoisotopic (exact) mass is 444 g/mol. The molecule has 0 atom stereocenters. The highest BCUT2D eigenvalue weighted by molar-refractivity contribution is 5.82. The van der Waals surface area contributed by atoms with E-state index in [0.717, 1.165) is 33.9 Å². The van der Waals surface area contributed by atoms with Crippen LogP contribution >= 0.6 is 0 Å². The van der Waals surface area contributed by atoms with Crippen LogP contribution in [0.25, 0.3) is 39.4 Å². The summed E-state index contributed by atoms with van der Waals surface area (Å²) < 4.78 is 1.55. The fourth-order valence-corrected chi connectivity index (χ4v) is 3.93. The molecule has 0 saturated heterocycles. The van der Waals surface area contributed by atoms with Gasteiger partial charge in [-0.1, -0.05) is 91.0 Å². The normalized spacial score (nSPS) is 11.6. The molecule has 0 radical (unpaired) electrons. The van der Waals surface area contributed by atoms with Crippen LogP contribution in [-0.2, 0) is 0 Å². The standard InChI is InChI=1S/C26H20N8/c1-17-27-25-24(23(33-34(25)32-17)20-15-9-4-10-16-20)30-31-26-28-21(18-11-5-2-6-12-18)22(29-26)19-13-7-3-8-14-19/h2-16H,1H3,(H,27,32)(H,28,29)/b31-30+. The van der Waals surface area contributed by atoms with Crippen molar-refractivity contribution in [2.45, 2.75) is 6.92 Å². The smallest absolute Gasteiger partial charge is 0.247 e. The van der Waals surface area contributed by atoms with E-state index in [1.807, 2.05) is 97.9 Å². The number of aryl methyl sites for hydroxylation is 1. The molecule has 0 fully saturated rings. The number of hydrogen-bond acceptors (Lipinski definition) is 5. The summed E-state index contributed by atoms with van der Waals surface area (Å²) >= 11 is 0. The lowest BCUT2D eigenvalue weighted by molar-refractivity contribution is 0.809. The molecule has 6 rings (SSSR count). The van der Waals surface area contributed by atoms with Gasteiger partial charge in [0.2, 0.25) is 5.95 Å². The van der Waals surface area contributed by atoms with Gasteiger partial charge in [0.25, 0.3) is 0 Å². The Morgan fingerprint density at radius 1 is 0.647 bits per heavy atom. The van der Waals surface area contributed by atoms with Gasteiger partial charge in [0.15, 0.2) is 11.3 Å². The molecule has 8 heteroatoms. The van der Waals surface area contributed by atoms with Gasteiger partial charge in [-0.2, -0.15) is 0 Å². The third-order valence-electron chi connectivity index (χ3n) is 5.48. The van der Waals surface area contributed by atoms with E-state index in [9.17, 15) is 0 Å². The van der Waals surface area contributed by atoms with Crippen molar-refractivity contribution < 1.29 is 0 Å². The summed E-state index contributed by atoms with van der Waals surface area (Å²) in [5.74, 6) is 1.15. The zero-order valence-electron chi connectivity index (χ0n) is 18.3. The van der Waals surface area contributed by atoms with Crippen LogP contribution in [0.3, 0.4) is 0 Å². The number of fused-ring (bicyclic) bond motifs is 1. The summed E-state index contributed by atoms with van der Waals surface area (Å²) in [5, 5.41) is 18.1. The largest absolute Gasteiger partial charge is 0.324 e. The van der Waals surface area contributed by atoms with Crippen molar-refractivity contribution in [2.75, 3.05) is 0 Å². The average molecular weight is 445 g/mol. The van der Waals surface area contributed by atoms with E-state index in [0.29, 0.717) is 23.0 Å². The van der Waals surface area contributed by atoms with Crippen LogP contribution in [-0.4, -0.2) is 29.8 Å². The maximum atomic E-state index is 4.77. The SMILES string of the molecule is Cc1nn2nc(-c3ccccc3)c(/N=N/c3nc(-c4ccccc4)c(-c4ccccc4)[nH]3)c2[nH]1. The van der Waals surface area contributed by atoms with Crippen LogP contribution in [0.4, 0.5) is 11.6 Å². The van der Waals surface area contributed by atoms with Gasteiger partial charge in [-0.15, -0.1) is 25.1 Å². The van der Waals surface area contributed by atoms with E-state index in [1.165, 1.54) is 0 Å². The van der Waals surface area contributed by atoms with E-state index in [-0.39, 0.29) is 0 Å². The van der Waals surface area contributed by atoms with E-state index in [1.54, 1.807) is 4.63 Å². The summed E-state index contributed by atoms with van der Waals surface area (Å²) in [4.78, 5) is 11.3. The summed E-state index contributed by atoms with van der Waals surface area (Å²) in [7, 11) is 0. The molecule has 6 aromatic rings. The highest BCUT2D eigenvalue weighted by atomic mass is 15.5. The summed E-state index contributed by atoms with van der Waals surface area (Å²) in [6.07, 6.45) is 0. The van der Waals surface area contributed by atoms with Crippen LogP contribution in [0.1, 0.15) is 5.82 Å². The van der Waals surface area contributed by atoms with Gasteiger partial charge in [-0.3, -0.25) is 0 Å². The Hall–Kier alpha value is -4.85. The number of rotatable bonds is 5. The Labute approximate surface area is 195 Å². The molecule has 0 aliphatic heterocycles. The second kappa shape index (κ2) is 8.25. The molecule has 0 unspecified atom stereocenters. The maximum absolute atomic E-state index is 4.77. The summed E-state index contributed by atoms with van der Waals surface area (Å²) in [6, 6.07) is 30.0. The van der Waals surface area contributed by atoms with E-state index >= 15 is 0 Å². The van der Waals surface area contributed by atoms with Crippen molar-refractivity contribution in [1.29, 1.82) is 0 Å². The molecule has 0 aliphatic rings. The van der Waals surface area contributed by atoms with Crippen LogP contribution in [0, 0.1) is 6.92 Å². The Morgan fingerprint density at radius 3 is 1.88 bits per heavy atom. The van der Waals surface area contributed by atoms with Gasteiger partial charge in [0.05, 0.1) is 11.4 Å². The van der Waals surface area contributed by atoms with E-state index in [4.69, 9.17) is 4.98 Å². The molecular formula is C26H20N8. The van der Waals surface area contributed by atoms with Crippen molar-refractivity contribution in [3.8, 4) is 33.8 Å². The molecule has 34 heavy (non-hydrogen) atoms. The van der Waals surface area contributed by atoms with Crippen molar-refractivity contribution >= 4 is 17.3 Å². The van der Waals surface area contributed by atoms with Crippen molar-refractivity contribution in [2.24, 2.45) is 10.2 Å². The Kier molecular flexibility index (Phi) is 4.81. The zero-order valence-corrected chi connectivity index (χ0v) is 18.3. The predicted octanol–water partition coefficient (Wildman–Crippen LogP) is 6.51. The molecule has 3 heterocycles. The van der Waals surface area contributed by atoms with E-state index in [2.05, 4.69) is 30.4 Å². The van der Waals surface area contributed by atoms with Crippen LogP contribution in [0.5, 0.6) is 0 Å². The van der Waals surface area contributed by atoms with Gasteiger partial charge in [0, 0.05) is 16.7 Å². The fraction of sp³-hybridized carbons (Fsp3) is 0.0385. The minimum absolute atomic E-state index is 0.410. The second-order valence-corrected chi connectivity index (χ2v) is 7.83. The molecule has 0 spiro atoms. The number of nitrogens with one attached hydrogen (secondary N) is 2. The first-order chi connectivity index (χ1) is 16.8. The van der Waals surface area contributed by atoms with Crippen molar-refractivity contribution in [3.05, 3.63) is 96.8 Å². The Balaban J connectivity index is 1.47. The number of nitrogens with zero attached hydrogens (tertiary/aromatic N) is 6. The molecule has 3 aromatic heterocycles. The summed E-state index contributed by atoms with van der Waals surface area (Å²) in [5.41, 5.74) is 6.65. The molecule has 2 N–H and O–H groups in total. The van der Waals surface area contributed by atoms with Gasteiger partial charge >= 0.3 is 0 Å². The van der Waals surface area contributed by atoms with Gasteiger partial charge in [0.1, 0.15) is 11.5 Å². The molecule has 8 nitrogen and oxygen atoms in total. The molecule has 0 bridgehead atoms. The number of aromatic nitrogens is 6. The fourth-order valence-electron chi connectivity index (χ4n) is 3.93. The number of imidazole rings is 1. The minimum Gasteiger partial charge on any atom is -0.324 e. The summed E-state index contributed by atoms with van der Waals surface area (Å²) in [6.45, 7) is 1.88. The lowest BCUT2D eigenvalue weighted by atomic mass is 10.1. The van der Waals surface area contributed by atoms with Gasteiger partial charge in [-0.05, 0) is 6.92 Å². The molecular weight excluding hydrogens is 424 g/mol. The average Bonchev–Trinajstić information content (AvgIpc) is 3.57. The first kappa shape index (κ1) is 19.8. The lowest BCUT2D eigenvalue weighted by Crippen LogP contribution is -1.87. The third-order valence-corrected chi connectivity index (χ3v) is 5.48. The highest BCUT2D eigenvalue weighted by Gasteiger charge is 2.18. The van der Waals surface area contributed by atoms with Crippen LogP contribution in [0.15, 0.2) is 101 Å². The first-order valence-corrected chi connectivity index (χ1v) is 10.9. The number of azo groups is 1. The third kappa shape index (κ3) is 3.57. The van der Waals surface area contributed by atoms with Gasteiger partial charge in [-0.25, -0.2) is 4.98 Å². The molecule has 0 amide bonds. The minimum atomic E-state index is 0.410. The quantitative estimate of drug-likeness (QED) is 0.297. The molecule has 0 aliphatic carbocycles. The first-order valence-electron chi connectivity index (χ1n) is 10.9. The Morgan fingerprint density at radius 2 is 1.24 bits per heavy atom. The number of H-pyrrole nitrogens is 2. The van der Waals surface area contributed by atoms with E-state index < -0.39 is 0 Å². The van der Waals surface area contributed by atoms with Gasteiger partial charge < -0.3 is 9.97 Å². The highest BCUT2D eigenvalue weighted by Crippen LogP contribution is 2.35. The molecule has 3 aromatic carbocycles. The number of aromatic amines is 2. The van der Waals surface area contributed by atoms with Crippen molar-refractivity contribution in [3.63, 3.8) is 0 Å². The Bertz CT molecular complexity index is 1540. The van der Waals surface area contributed by atoms with Crippen molar-refractivity contribution in [1.82, 2.24) is 29.8 Å². The number of benzene rings is 3. The van der Waals surface area contributed by atoms with Crippen LogP contribution in [0.2, 0.25) is 0 Å². The van der Waals surface area contributed by atoms with Crippen LogP contribution < -0.4 is 0 Å². The number of hydrogen-bond donors (Lipinski definition) is 2. The predicted molar refractivity (Wildman–Crippen MR) is 131 cm³/mol. The maximum Gasteiger partial charge on any atom is 0.247 e. The topological polar surface area (TPSA) is 99.4 Å². The zero-order chi connectivity index (χ0) is 22.9. The second-order valence-electron chi connectivity index (χ2n) is 7.83. The molecule has 164 valence electrons.